The van der Waals surface area contributed by atoms with E-state index >= 15 is 0 Å². The topological polar surface area (TPSA) is 31.4 Å². The Morgan fingerprint density at radius 3 is 0.802 bits per heavy atom. The molecule has 0 unspecified atom stereocenters. The maximum Gasteiger partial charge on any atom is 0.146 e. The molecule has 10 aromatic carbocycles. The Morgan fingerprint density at radius 2 is 0.527 bits per heavy atom. The van der Waals surface area contributed by atoms with Gasteiger partial charge in [-0.3, -0.25) is 0 Å². The zero-order valence-corrected chi connectivity index (χ0v) is 57.4. The summed E-state index contributed by atoms with van der Waals surface area (Å²) in [5.74, 6) is 1.61. The maximum atomic E-state index is 6.11. The molecule has 0 aliphatic rings. The van der Waals surface area contributed by atoms with Crippen LogP contribution in [0.1, 0.15) is 137 Å². The summed E-state index contributed by atoms with van der Waals surface area (Å²) in [6, 6.07) is 71.5. The zero-order chi connectivity index (χ0) is 64.9. The van der Waals surface area contributed by atoms with Gasteiger partial charge in [0.2, 0.25) is 0 Å². The average molecular weight is 1210 g/mol. The number of nitrogens with zero attached hydrogens (tertiary/aromatic N) is 4. The van der Waals surface area contributed by atoms with Gasteiger partial charge < -0.3 is 29.1 Å². The quantitative estimate of drug-likeness (QED) is 0.0594. The molecule has 0 bridgehead atoms. The molecule has 0 atom stereocenters. The van der Waals surface area contributed by atoms with Crippen LogP contribution in [0.5, 0.6) is 11.5 Å². The molecule has 0 fully saturated rings. The van der Waals surface area contributed by atoms with Gasteiger partial charge >= 0.3 is 0 Å². The Labute approximate surface area is 546 Å². The highest BCUT2D eigenvalue weighted by molar-refractivity contribution is 5.88. The molecule has 6 heteroatoms. The van der Waals surface area contributed by atoms with Gasteiger partial charge in [0.25, 0.3) is 0 Å². The third kappa shape index (κ3) is 16.0. The first kappa shape index (κ1) is 66.4. The molecular formula is C85H98N4O2. The maximum absolute atomic E-state index is 6.11. The van der Waals surface area contributed by atoms with Gasteiger partial charge in [-0.2, -0.15) is 0 Å². The molecule has 0 aliphatic heterocycles. The van der Waals surface area contributed by atoms with E-state index in [0.717, 1.165) is 88.2 Å². The Bertz CT molecular complexity index is 3950. The molecule has 0 aliphatic carbocycles. The van der Waals surface area contributed by atoms with Crippen LogP contribution in [0.2, 0.25) is 0 Å². The van der Waals surface area contributed by atoms with Crippen molar-refractivity contribution in [2.75, 3.05) is 33.3 Å². The summed E-state index contributed by atoms with van der Waals surface area (Å²) < 4.78 is 12.1. The lowest BCUT2D eigenvalue weighted by molar-refractivity contribution is 0.307. The summed E-state index contributed by atoms with van der Waals surface area (Å²) >= 11 is 0. The Morgan fingerprint density at radius 1 is 0.275 bits per heavy atom. The van der Waals surface area contributed by atoms with Crippen LogP contribution in [0.4, 0.5) is 68.2 Å². The molecule has 0 N–H and O–H groups in total. The van der Waals surface area contributed by atoms with E-state index in [2.05, 4.69) is 312 Å². The second-order valence-electron chi connectivity index (χ2n) is 25.3. The van der Waals surface area contributed by atoms with Crippen LogP contribution in [0.3, 0.4) is 0 Å². The van der Waals surface area contributed by atoms with Crippen LogP contribution in [-0.4, -0.2) is 13.7 Å². The highest BCUT2D eigenvalue weighted by Crippen LogP contribution is 2.48. The van der Waals surface area contributed by atoms with Crippen molar-refractivity contribution in [2.45, 2.75) is 155 Å². The number of aryl methyl sites for hydroxylation is 14. The van der Waals surface area contributed by atoms with E-state index in [9.17, 15) is 0 Å². The van der Waals surface area contributed by atoms with Crippen molar-refractivity contribution in [1.82, 2.24) is 0 Å². The number of hydrogen-bond acceptors (Lipinski definition) is 6. The minimum atomic E-state index is 0.694. The number of unbranched alkanes of at least 4 members (excludes halogenated alkanes) is 3. The third-order valence-corrected chi connectivity index (χ3v) is 17.4. The molecule has 10 rings (SSSR count). The second kappa shape index (κ2) is 30.7. The van der Waals surface area contributed by atoms with E-state index in [1.807, 2.05) is 6.07 Å². The highest BCUT2D eigenvalue weighted by atomic mass is 16.5. The predicted octanol–water partition coefficient (Wildman–Crippen LogP) is 24.8. The monoisotopic (exact) mass is 1210 g/mol. The van der Waals surface area contributed by atoms with Crippen LogP contribution in [0.15, 0.2) is 194 Å². The first-order valence-corrected chi connectivity index (χ1v) is 33.2. The summed E-state index contributed by atoms with van der Waals surface area (Å²) in [6.07, 6.45) is 9.19. The van der Waals surface area contributed by atoms with Gasteiger partial charge in [-0.05, 0) is 268 Å². The number of rotatable bonds is 23. The fourth-order valence-electron chi connectivity index (χ4n) is 12.9. The van der Waals surface area contributed by atoms with Crippen LogP contribution < -0.4 is 29.1 Å². The molecule has 10 aromatic rings. The van der Waals surface area contributed by atoms with Crippen molar-refractivity contribution in [1.29, 1.82) is 0 Å². The molecule has 6 nitrogen and oxygen atoms in total. The summed E-state index contributed by atoms with van der Waals surface area (Å²) in [5, 5.41) is 0. The smallest absolute Gasteiger partial charge is 0.146 e. The first-order valence-electron chi connectivity index (χ1n) is 33.2. The zero-order valence-electron chi connectivity index (χ0n) is 57.4. The molecule has 0 radical (unpaired) electrons. The fraction of sp³-hybridized carbons (Fsp3) is 0.294. The fourth-order valence-corrected chi connectivity index (χ4v) is 12.9. The lowest BCUT2D eigenvalue weighted by atomic mass is 9.98. The molecule has 0 saturated heterocycles. The minimum absolute atomic E-state index is 0.694. The standard InChI is InChI=1S/C44H52N2O2.C41H46N2/c1-9-11-13-36-27-33(5)43(34(6)28-36)45(37-18-14-31(3)15-19-37)39-22-24-40(25-23-39)46(38-20-16-32(4)17-21-38)44-35(7)29-41(30-42(44)47-8)48-26-12-10-2;1-9-10-11-35-26-33(7)41(34(8)27-35)43(37-18-14-29(3)15-19-37)39-22-20-38(21-23-39)42(36-16-12-28(2)13-17-36)40-31(5)24-30(4)25-32(40)6/h14-25,27-30H,9-13,26H2,1-8H3;12-27H,9-11H2,1-8H3. The summed E-state index contributed by atoms with van der Waals surface area (Å²) in [5.41, 5.74) is 31.7. The Kier molecular flexibility index (Phi) is 22.4. The van der Waals surface area contributed by atoms with Crippen molar-refractivity contribution in [3.8, 4) is 11.5 Å². The largest absolute Gasteiger partial charge is 0.494 e. The number of benzene rings is 10. The van der Waals surface area contributed by atoms with Gasteiger partial charge in [-0.1, -0.05) is 153 Å². The van der Waals surface area contributed by atoms with E-state index in [4.69, 9.17) is 9.47 Å². The predicted molar refractivity (Wildman–Crippen MR) is 393 cm³/mol. The number of methoxy groups -OCH3 is 1. The van der Waals surface area contributed by atoms with Crippen molar-refractivity contribution in [2.24, 2.45) is 0 Å². The second-order valence-corrected chi connectivity index (χ2v) is 25.3. The van der Waals surface area contributed by atoms with E-state index in [1.54, 1.807) is 7.11 Å². The van der Waals surface area contributed by atoms with E-state index in [-0.39, 0.29) is 0 Å². The number of hydrogen-bond donors (Lipinski definition) is 0. The molecule has 0 saturated carbocycles. The summed E-state index contributed by atoms with van der Waals surface area (Å²) in [4.78, 5) is 9.53. The molecule has 470 valence electrons. The highest BCUT2D eigenvalue weighted by Gasteiger charge is 2.25. The SMILES string of the molecule is CCCCOc1cc(C)c(N(c2ccc(C)cc2)c2ccc(N(c3ccc(C)cc3)c3c(C)cc(CCCC)cc3C)cc2)c(OC)c1.CCCCc1cc(C)c(N(c2ccc(C)cc2)c2ccc(N(c3ccc(C)cc3)c3c(C)cc(C)cc3C)cc2)c(C)c1. The molecule has 0 heterocycles. The van der Waals surface area contributed by atoms with Gasteiger partial charge in [0, 0.05) is 51.6 Å². The van der Waals surface area contributed by atoms with Gasteiger partial charge in [0.1, 0.15) is 11.5 Å². The normalized spacial score (nSPS) is 11.0. The van der Waals surface area contributed by atoms with Gasteiger partial charge in [0.15, 0.2) is 0 Å². The minimum Gasteiger partial charge on any atom is -0.494 e. The van der Waals surface area contributed by atoms with Gasteiger partial charge in [-0.15, -0.1) is 0 Å². The van der Waals surface area contributed by atoms with E-state index in [1.165, 1.54) is 121 Å². The van der Waals surface area contributed by atoms with E-state index in [0.29, 0.717) is 6.61 Å². The number of ether oxygens (including phenoxy) is 2. The summed E-state index contributed by atoms with van der Waals surface area (Å²) in [6.45, 7) is 33.7. The van der Waals surface area contributed by atoms with Crippen molar-refractivity contribution < 1.29 is 9.47 Å². The summed E-state index contributed by atoms with van der Waals surface area (Å²) in [7, 11) is 1.74. The lowest BCUT2D eigenvalue weighted by Gasteiger charge is -2.31. The molecule has 0 aromatic heterocycles. The third-order valence-electron chi connectivity index (χ3n) is 17.4. The molecular weight excluding hydrogens is 1110 g/mol. The van der Waals surface area contributed by atoms with Crippen LogP contribution in [-0.2, 0) is 12.8 Å². The van der Waals surface area contributed by atoms with Crippen molar-refractivity contribution in [3.63, 3.8) is 0 Å². The first-order chi connectivity index (χ1) is 43.9. The Balaban J connectivity index is 0.000000217. The lowest BCUT2D eigenvalue weighted by Crippen LogP contribution is -2.15. The van der Waals surface area contributed by atoms with E-state index < -0.39 is 0 Å². The van der Waals surface area contributed by atoms with Gasteiger partial charge in [-0.25, -0.2) is 0 Å². The molecule has 91 heavy (non-hydrogen) atoms. The van der Waals surface area contributed by atoms with Crippen LogP contribution >= 0.6 is 0 Å². The molecule has 0 spiro atoms. The van der Waals surface area contributed by atoms with Crippen molar-refractivity contribution in [3.05, 3.63) is 272 Å². The van der Waals surface area contributed by atoms with Crippen LogP contribution in [0, 0.1) is 83.1 Å². The average Bonchev–Trinajstić information content (AvgIpc) is 0.862. The van der Waals surface area contributed by atoms with Crippen molar-refractivity contribution >= 4 is 68.2 Å². The van der Waals surface area contributed by atoms with Gasteiger partial charge in [0.05, 0.1) is 36.5 Å². The Hall–Kier alpha value is -9.00. The molecule has 0 amide bonds. The number of anilines is 12. The van der Waals surface area contributed by atoms with Crippen LogP contribution in [0.25, 0.3) is 0 Å².